The molecule has 2 aromatic rings. The summed E-state index contributed by atoms with van der Waals surface area (Å²) in [5.74, 6) is 0.894. The normalized spacial score (nSPS) is 18.5. The number of halogens is 2. The van der Waals surface area contributed by atoms with E-state index in [1.807, 2.05) is 11.9 Å². The summed E-state index contributed by atoms with van der Waals surface area (Å²) in [6.45, 7) is 6.53. The van der Waals surface area contributed by atoms with Gasteiger partial charge in [-0.2, -0.15) is 0 Å². The minimum atomic E-state index is -3.76. The Labute approximate surface area is 246 Å². The first-order valence-electron chi connectivity index (χ1n) is 13.6. The van der Waals surface area contributed by atoms with Crippen LogP contribution in [0, 0.1) is 29.9 Å². The van der Waals surface area contributed by atoms with Gasteiger partial charge in [-0.05, 0) is 45.2 Å². The minimum Gasteiger partial charge on any atom is -0.491 e. The average molecular weight is 608 g/mol. The van der Waals surface area contributed by atoms with Crippen molar-refractivity contribution in [3.8, 4) is 18.1 Å². The second-order valence-electron chi connectivity index (χ2n) is 10.9. The number of aliphatic hydroxyl groups excluding tert-OH is 1. The van der Waals surface area contributed by atoms with E-state index in [1.165, 1.54) is 13.1 Å². The molecule has 1 unspecified atom stereocenters. The summed E-state index contributed by atoms with van der Waals surface area (Å²) in [4.78, 5) is 20.0. The highest BCUT2D eigenvalue weighted by molar-refractivity contribution is 7.93. The fraction of sp³-hybridized carbons (Fsp3) is 0.517. The van der Waals surface area contributed by atoms with Crippen molar-refractivity contribution in [3.05, 3.63) is 47.5 Å². The molecule has 42 heavy (non-hydrogen) atoms. The molecule has 13 heteroatoms. The molecule has 10 nitrogen and oxygen atoms in total. The van der Waals surface area contributed by atoms with Crippen LogP contribution in [0.5, 0.6) is 5.75 Å². The van der Waals surface area contributed by atoms with Crippen molar-refractivity contribution in [1.82, 2.24) is 15.6 Å². The number of carbonyl (C=O) groups excluding carboxylic acids is 1. The van der Waals surface area contributed by atoms with Crippen LogP contribution in [0.4, 0.5) is 20.4 Å². The van der Waals surface area contributed by atoms with E-state index in [9.17, 15) is 27.1 Å². The molecule has 0 aliphatic heterocycles. The van der Waals surface area contributed by atoms with Gasteiger partial charge < -0.3 is 25.4 Å². The van der Waals surface area contributed by atoms with Gasteiger partial charge in [0.15, 0.2) is 0 Å². The van der Waals surface area contributed by atoms with Crippen LogP contribution >= 0.6 is 0 Å². The van der Waals surface area contributed by atoms with Gasteiger partial charge in [0.25, 0.3) is 5.91 Å². The van der Waals surface area contributed by atoms with Crippen LogP contribution in [0.1, 0.15) is 44.5 Å². The molecule has 1 fully saturated rings. The van der Waals surface area contributed by atoms with Crippen LogP contribution in [0.15, 0.2) is 30.3 Å². The molecule has 1 aliphatic rings. The number of anilines is 2. The third-order valence-corrected chi connectivity index (χ3v) is 9.36. The van der Waals surface area contributed by atoms with Gasteiger partial charge in [0, 0.05) is 50.4 Å². The van der Waals surface area contributed by atoms with Gasteiger partial charge >= 0.3 is 0 Å². The van der Waals surface area contributed by atoms with E-state index in [2.05, 4.69) is 28.5 Å². The lowest BCUT2D eigenvalue weighted by atomic mass is 10.1. The van der Waals surface area contributed by atoms with E-state index >= 15 is 0 Å². The topological polar surface area (TPSA) is 124 Å². The number of terminal acetylenes is 1. The number of benzene rings is 1. The average Bonchev–Trinajstić information content (AvgIpc) is 3.67. The molecule has 0 bridgehead atoms. The first-order valence-corrected chi connectivity index (χ1v) is 15.1. The molecule has 230 valence electrons. The third kappa shape index (κ3) is 8.30. The second-order valence-corrected chi connectivity index (χ2v) is 13.4. The summed E-state index contributed by atoms with van der Waals surface area (Å²) < 4.78 is 59.8. The number of hydrogen-bond acceptors (Lipinski definition) is 8. The minimum absolute atomic E-state index is 0.0261. The largest absolute Gasteiger partial charge is 0.491 e. The summed E-state index contributed by atoms with van der Waals surface area (Å²) in [6, 6.07) is 4.31. The summed E-state index contributed by atoms with van der Waals surface area (Å²) >= 11 is 0. The monoisotopic (exact) mass is 607 g/mol. The Morgan fingerprint density at radius 2 is 1.76 bits per heavy atom. The van der Waals surface area contributed by atoms with E-state index in [-0.39, 0.29) is 42.4 Å². The Hall–Kier alpha value is -3.47. The number of pyridine rings is 1. The lowest BCUT2D eigenvalue weighted by Gasteiger charge is -2.27. The number of nitrogens with one attached hydrogen (secondary N) is 2. The first-order chi connectivity index (χ1) is 19.6. The summed E-state index contributed by atoms with van der Waals surface area (Å²) in [7, 11) is -0.552. The predicted octanol–water partition coefficient (Wildman–Crippen LogP) is 2.53. The highest BCUT2D eigenvalue weighted by Gasteiger charge is 2.37. The molecule has 0 spiro atoms. The standard InChI is InChI=1S/C29H39F2N5O5S/c1-8-19(5)32-15-26(37)24(16-41-23-13-21(30)12-22(31)14-23)33-29(38)20-10-27(35(6)25-9-18(25)4)34-28(11-20)36(7)42(39,40)17(2)3/h1,10-14,17-19,24-26,32,37H,9,15-16H2,2-7H3,(H,33,38)/t18-,19-,24?,25-,26+/m0/s1. The van der Waals surface area contributed by atoms with Gasteiger partial charge in [-0.15, -0.1) is 6.42 Å². The van der Waals surface area contributed by atoms with Crippen molar-refractivity contribution in [2.45, 2.75) is 63.6 Å². The molecule has 1 heterocycles. The molecule has 0 saturated heterocycles. The maximum absolute atomic E-state index is 13.7. The molecular weight excluding hydrogens is 568 g/mol. The van der Waals surface area contributed by atoms with Crippen molar-refractivity contribution in [2.75, 3.05) is 36.5 Å². The maximum Gasteiger partial charge on any atom is 0.251 e. The van der Waals surface area contributed by atoms with E-state index in [0.717, 1.165) is 22.9 Å². The number of aromatic nitrogens is 1. The van der Waals surface area contributed by atoms with E-state index < -0.39 is 45.0 Å². The molecule has 5 atom stereocenters. The third-order valence-electron chi connectivity index (χ3n) is 7.22. The smallest absolute Gasteiger partial charge is 0.251 e. The van der Waals surface area contributed by atoms with E-state index in [4.69, 9.17) is 11.2 Å². The van der Waals surface area contributed by atoms with Crippen LogP contribution in [-0.4, -0.2) is 81.1 Å². The van der Waals surface area contributed by atoms with Gasteiger partial charge in [0.2, 0.25) is 10.0 Å². The van der Waals surface area contributed by atoms with Crippen LogP contribution in [0.2, 0.25) is 0 Å². The highest BCUT2D eigenvalue weighted by atomic mass is 32.2. The second kappa shape index (κ2) is 13.7. The Kier molecular flexibility index (Phi) is 10.8. The summed E-state index contributed by atoms with van der Waals surface area (Å²) in [6.07, 6.45) is 5.11. The summed E-state index contributed by atoms with van der Waals surface area (Å²) in [5.41, 5.74) is 0.0971. The fourth-order valence-corrected chi connectivity index (χ4v) is 5.22. The lowest BCUT2D eigenvalue weighted by molar-refractivity contribution is 0.0730. The van der Waals surface area contributed by atoms with E-state index in [0.29, 0.717) is 17.8 Å². The fourth-order valence-electron chi connectivity index (χ4n) is 4.23. The lowest BCUT2D eigenvalue weighted by Crippen LogP contribution is -2.51. The Balaban J connectivity index is 1.93. The van der Waals surface area contributed by atoms with Crippen LogP contribution < -0.4 is 24.6 Å². The number of aliphatic hydroxyl groups is 1. The van der Waals surface area contributed by atoms with E-state index in [1.54, 1.807) is 26.8 Å². The number of ether oxygens (including phenoxy) is 1. The number of nitrogens with zero attached hydrogens (tertiary/aromatic N) is 3. The molecule has 0 radical (unpaired) electrons. The SMILES string of the molecule is C#C[C@H](C)NC[C@@H](O)C(COc1cc(F)cc(F)c1)NC(=O)c1cc(N(C)[C@H]2C[C@@H]2C)nc(N(C)S(=O)(=O)C(C)C)c1. The van der Waals surface area contributed by atoms with Gasteiger partial charge in [0.1, 0.15) is 35.6 Å². The van der Waals surface area contributed by atoms with Gasteiger partial charge in [-0.25, -0.2) is 22.2 Å². The Bertz CT molecular complexity index is 1400. The molecule has 1 aromatic carbocycles. The van der Waals surface area contributed by atoms with Crippen LogP contribution in [0.3, 0.4) is 0 Å². The van der Waals surface area contributed by atoms with Crippen LogP contribution in [0.25, 0.3) is 0 Å². The van der Waals surface area contributed by atoms with Gasteiger partial charge in [-0.3, -0.25) is 9.10 Å². The molecule has 3 rings (SSSR count). The van der Waals surface area contributed by atoms with Gasteiger partial charge in [0.05, 0.1) is 23.4 Å². The number of sulfonamides is 1. The van der Waals surface area contributed by atoms with Gasteiger partial charge in [-0.1, -0.05) is 12.8 Å². The van der Waals surface area contributed by atoms with Crippen molar-refractivity contribution in [2.24, 2.45) is 5.92 Å². The Morgan fingerprint density at radius 3 is 2.31 bits per heavy atom. The maximum atomic E-state index is 13.7. The quantitative estimate of drug-likeness (QED) is 0.280. The number of rotatable bonds is 14. The molecule has 1 amide bonds. The van der Waals surface area contributed by atoms with Crippen molar-refractivity contribution >= 4 is 27.6 Å². The number of amides is 1. The first kappa shape index (κ1) is 33.0. The molecule has 1 saturated carbocycles. The number of carbonyl (C=O) groups is 1. The molecular formula is C29H39F2N5O5S. The summed E-state index contributed by atoms with van der Waals surface area (Å²) in [5, 5.41) is 15.8. The number of hydrogen-bond donors (Lipinski definition) is 3. The zero-order valence-electron chi connectivity index (χ0n) is 24.6. The highest BCUT2D eigenvalue weighted by Crippen LogP contribution is 2.37. The van der Waals surface area contributed by atoms with Crippen LogP contribution in [-0.2, 0) is 10.0 Å². The zero-order chi connectivity index (χ0) is 31.4. The molecule has 3 N–H and O–H groups in total. The predicted molar refractivity (Wildman–Crippen MR) is 158 cm³/mol. The zero-order valence-corrected chi connectivity index (χ0v) is 25.5. The van der Waals surface area contributed by atoms with Crippen molar-refractivity contribution in [1.29, 1.82) is 0 Å². The molecule has 1 aromatic heterocycles. The van der Waals surface area contributed by atoms with Crippen molar-refractivity contribution in [3.63, 3.8) is 0 Å². The molecule has 1 aliphatic carbocycles. The van der Waals surface area contributed by atoms with Crippen molar-refractivity contribution < 1.29 is 31.8 Å². The Morgan fingerprint density at radius 1 is 1.17 bits per heavy atom.